The molecule has 4 aromatic carbocycles. The molecule has 400 valence electrons. The minimum absolute atomic E-state index is 0.0223. The lowest BCUT2D eigenvalue weighted by atomic mass is 9.75. The summed E-state index contributed by atoms with van der Waals surface area (Å²) in [5.41, 5.74) is 4.97. The summed E-state index contributed by atoms with van der Waals surface area (Å²) < 4.78 is 62.4. The normalized spacial score (nSPS) is 16.1. The molecular weight excluding hydrogens is 959 g/mol. The highest BCUT2D eigenvalue weighted by Gasteiger charge is 2.46. The number of aromatic hydroxyl groups is 3. The van der Waals surface area contributed by atoms with E-state index in [-0.39, 0.29) is 17.5 Å². The molecule has 1 aliphatic carbocycles. The van der Waals surface area contributed by atoms with Crippen molar-refractivity contribution in [1.29, 1.82) is 0 Å². The zero-order valence-electron chi connectivity index (χ0n) is 42.4. The number of nitrogens with one attached hydrogen (secondary N) is 2. The number of ether oxygens (including phenoxy) is 10. The largest absolute Gasteiger partial charge is 0.508 e. The molecule has 2 fully saturated rings. The Morgan fingerprint density at radius 2 is 1.12 bits per heavy atom. The second-order valence-electron chi connectivity index (χ2n) is 17.3. The Morgan fingerprint density at radius 1 is 0.630 bits per heavy atom. The molecule has 0 bridgehead atoms. The van der Waals surface area contributed by atoms with E-state index >= 15 is 0 Å². The maximum Gasteiger partial charge on any atom is 0.151 e. The molecule has 18 heteroatoms. The molecular formula is C55H75N3O14S. The smallest absolute Gasteiger partial charge is 0.151 e. The van der Waals surface area contributed by atoms with Gasteiger partial charge in [0.15, 0.2) is 5.60 Å². The molecule has 73 heavy (non-hydrogen) atoms. The van der Waals surface area contributed by atoms with Crippen molar-refractivity contribution in [3.8, 4) is 28.7 Å². The molecule has 0 amide bonds. The van der Waals surface area contributed by atoms with Gasteiger partial charge in [0.1, 0.15) is 35.0 Å². The number of allylic oxidation sites excluding steroid dienone is 1. The zero-order chi connectivity index (χ0) is 51.4. The highest BCUT2D eigenvalue weighted by Crippen LogP contribution is 2.54. The van der Waals surface area contributed by atoms with Crippen LogP contribution in [0.15, 0.2) is 90.5 Å². The Bertz CT molecular complexity index is 2190. The van der Waals surface area contributed by atoms with Crippen molar-refractivity contribution < 1.29 is 67.5 Å². The first kappa shape index (κ1) is 57.6. The van der Waals surface area contributed by atoms with Gasteiger partial charge in [-0.15, -0.1) is 0 Å². The fourth-order valence-corrected chi connectivity index (χ4v) is 8.91. The topological polar surface area (TPSA) is 197 Å². The van der Waals surface area contributed by atoms with Crippen LogP contribution in [0.5, 0.6) is 28.7 Å². The third kappa shape index (κ3) is 18.9. The Balaban J connectivity index is 0.000000698. The zero-order valence-corrected chi connectivity index (χ0v) is 43.2. The van der Waals surface area contributed by atoms with Crippen LogP contribution in [0.1, 0.15) is 69.9 Å². The van der Waals surface area contributed by atoms with Gasteiger partial charge in [0, 0.05) is 66.7 Å². The number of nitrogens with zero attached hydrogens (tertiary/aromatic N) is 1. The maximum atomic E-state index is 12.6. The predicted molar refractivity (Wildman–Crippen MR) is 279 cm³/mol. The molecule has 5 N–H and O–H groups in total. The number of rotatable bonds is 36. The SMILES string of the molecule is CNCCc1ccc(O)cc1.COC1(c2ccc(C3CN3SNCCOCCOCCOCCOCCOCCOCCOCCOCCC=C3CCC3)cc2C=O)c2ccc(O)cc2Oc2cc(O)ccc21. The van der Waals surface area contributed by atoms with E-state index in [0.717, 1.165) is 44.4 Å². The number of carbonyl (C=O) groups is 1. The number of aldehydes is 1. The standard InChI is InChI=1S/C46H62N2O13S.C9H13NO/c1-52-46(41-11-8-38(50)31-44(41)61-45-32-39(51)9-12-42(45)46)40-10-7-36(30-37(40)34-49)43-33-48(43)62-47-13-15-54-17-19-56-21-23-58-25-27-60-29-28-59-26-24-57-22-20-55-18-16-53-14-3-6-35-4-2-5-35;1-10-7-6-8-2-4-9(11)5-3-8/h6-12,30-32,34,43,47,50-51H,2-5,13-29,33H2,1H3;2-5,10-11H,6-7H2,1H3. The van der Waals surface area contributed by atoms with Crippen molar-refractivity contribution in [2.24, 2.45) is 0 Å². The van der Waals surface area contributed by atoms with Crippen molar-refractivity contribution in [3.63, 3.8) is 0 Å². The summed E-state index contributed by atoms with van der Waals surface area (Å²) >= 11 is 1.52. The second-order valence-corrected chi connectivity index (χ2v) is 18.3. The van der Waals surface area contributed by atoms with E-state index in [1.165, 1.54) is 49.1 Å². The Labute approximate surface area is 434 Å². The fraction of sp³-hybridized carbons (Fsp3) is 0.509. The summed E-state index contributed by atoms with van der Waals surface area (Å²) in [6.45, 7) is 11.0. The first-order valence-corrected chi connectivity index (χ1v) is 26.0. The van der Waals surface area contributed by atoms with Crippen LogP contribution in [0.3, 0.4) is 0 Å². The molecule has 0 radical (unpaired) electrons. The molecule has 7 rings (SSSR count). The van der Waals surface area contributed by atoms with Crippen molar-refractivity contribution in [2.45, 2.75) is 43.7 Å². The molecule has 0 aromatic heterocycles. The van der Waals surface area contributed by atoms with Gasteiger partial charge < -0.3 is 68.0 Å². The lowest BCUT2D eigenvalue weighted by Crippen LogP contribution is -2.35. The van der Waals surface area contributed by atoms with Crippen LogP contribution in [0, 0.1) is 0 Å². The van der Waals surface area contributed by atoms with Gasteiger partial charge in [0.25, 0.3) is 0 Å². The minimum atomic E-state index is -1.22. The number of phenolic OH excluding ortho intramolecular Hbond substituents is 3. The van der Waals surface area contributed by atoms with Gasteiger partial charge >= 0.3 is 0 Å². The third-order valence-electron chi connectivity index (χ3n) is 12.2. The van der Waals surface area contributed by atoms with E-state index in [4.69, 9.17) is 52.5 Å². The number of likely N-dealkylation sites (N-methyl/N-ethyl adjacent to an activating group) is 1. The summed E-state index contributed by atoms with van der Waals surface area (Å²) in [5.74, 6) is 1.12. The lowest BCUT2D eigenvalue weighted by Gasteiger charge is -2.40. The van der Waals surface area contributed by atoms with E-state index in [0.29, 0.717) is 145 Å². The summed E-state index contributed by atoms with van der Waals surface area (Å²) in [7, 11) is 3.50. The first-order valence-electron chi connectivity index (χ1n) is 25.2. The predicted octanol–water partition coefficient (Wildman–Crippen LogP) is 7.25. The average Bonchev–Trinajstić information content (AvgIpc) is 4.17. The van der Waals surface area contributed by atoms with Gasteiger partial charge in [-0.25, -0.2) is 9.03 Å². The van der Waals surface area contributed by atoms with Crippen molar-refractivity contribution in [3.05, 3.63) is 124 Å². The van der Waals surface area contributed by atoms with E-state index in [2.05, 4.69) is 20.4 Å². The number of methoxy groups -OCH3 is 1. The quantitative estimate of drug-likeness (QED) is 0.0100. The van der Waals surface area contributed by atoms with Gasteiger partial charge in [-0.2, -0.15) is 0 Å². The number of hydrogen-bond acceptors (Lipinski definition) is 18. The molecule has 3 aliphatic rings. The average molecular weight is 1030 g/mol. The van der Waals surface area contributed by atoms with Gasteiger partial charge in [0.05, 0.1) is 112 Å². The van der Waals surface area contributed by atoms with Crippen LogP contribution in [0.2, 0.25) is 0 Å². The van der Waals surface area contributed by atoms with Gasteiger partial charge in [0.2, 0.25) is 0 Å². The number of benzene rings is 4. The van der Waals surface area contributed by atoms with Crippen LogP contribution in [-0.2, 0) is 54.7 Å². The molecule has 0 spiro atoms. The molecule has 2 aliphatic heterocycles. The van der Waals surface area contributed by atoms with E-state index in [9.17, 15) is 15.0 Å². The van der Waals surface area contributed by atoms with Crippen molar-refractivity contribution in [2.75, 3.05) is 140 Å². The van der Waals surface area contributed by atoms with Gasteiger partial charge in [-0.1, -0.05) is 35.9 Å². The number of fused-ring (bicyclic) bond motifs is 2. The fourth-order valence-electron chi connectivity index (χ4n) is 8.11. The van der Waals surface area contributed by atoms with E-state index < -0.39 is 5.60 Å². The molecule has 1 saturated carbocycles. The molecule has 2 heterocycles. The lowest BCUT2D eigenvalue weighted by molar-refractivity contribution is -0.0228. The Kier molecular flexibility index (Phi) is 25.8. The maximum absolute atomic E-state index is 12.6. The molecule has 17 nitrogen and oxygen atoms in total. The highest BCUT2D eigenvalue weighted by molar-refractivity contribution is 7.95. The Hall–Kier alpha value is -4.64. The molecule has 2 atom stereocenters. The monoisotopic (exact) mass is 1030 g/mol. The molecule has 1 saturated heterocycles. The first-order chi connectivity index (χ1) is 35.9. The summed E-state index contributed by atoms with van der Waals surface area (Å²) in [4.78, 5) is 12.6. The summed E-state index contributed by atoms with van der Waals surface area (Å²) in [6.07, 6.45) is 9.02. The van der Waals surface area contributed by atoms with Crippen molar-refractivity contribution >= 4 is 18.4 Å². The molecule has 2 unspecified atom stereocenters. The second kappa shape index (κ2) is 32.6. The Morgan fingerprint density at radius 3 is 1.60 bits per heavy atom. The van der Waals surface area contributed by atoms with E-state index in [1.54, 1.807) is 49.1 Å². The van der Waals surface area contributed by atoms with Gasteiger partial charge in [-0.3, -0.25) is 4.79 Å². The number of carbonyl (C=O) groups excluding carboxylic acids is 1. The van der Waals surface area contributed by atoms with Gasteiger partial charge in [-0.05, 0) is 99.3 Å². The van der Waals surface area contributed by atoms with E-state index in [1.807, 2.05) is 37.4 Å². The van der Waals surface area contributed by atoms with Crippen LogP contribution in [0.4, 0.5) is 0 Å². The summed E-state index contributed by atoms with van der Waals surface area (Å²) in [5, 5.41) is 32.4. The van der Waals surface area contributed by atoms with Crippen molar-refractivity contribution in [1.82, 2.24) is 14.3 Å². The molecule has 4 aromatic rings. The van der Waals surface area contributed by atoms with Crippen LogP contribution < -0.4 is 14.8 Å². The van der Waals surface area contributed by atoms with Crippen LogP contribution in [0.25, 0.3) is 0 Å². The van der Waals surface area contributed by atoms with Crippen LogP contribution >= 0.6 is 12.1 Å². The number of hydrogen-bond donors (Lipinski definition) is 5. The van der Waals surface area contributed by atoms with Crippen LogP contribution in [-0.4, -0.2) is 165 Å². The third-order valence-corrected chi connectivity index (χ3v) is 13.1. The minimum Gasteiger partial charge on any atom is -0.508 e. The number of phenols is 3. The highest BCUT2D eigenvalue weighted by atomic mass is 32.2. The summed E-state index contributed by atoms with van der Waals surface area (Å²) in [6, 6.07) is 22.8.